The number of pyridine rings is 1. The van der Waals surface area contributed by atoms with E-state index in [9.17, 15) is 9.59 Å². The zero-order valence-electron chi connectivity index (χ0n) is 27.8. The highest BCUT2D eigenvalue weighted by Gasteiger charge is 2.34. The number of rotatable bonds is 3. The smallest absolute Gasteiger partial charge is 0.355 e. The number of carbonyl (C=O) groups excluding carboxylic acids is 1. The number of para-hydroxylation sites is 1. The molecule has 1 saturated heterocycles. The van der Waals surface area contributed by atoms with Gasteiger partial charge in [0.25, 0.3) is 0 Å². The van der Waals surface area contributed by atoms with Gasteiger partial charge in [-0.15, -0.1) is 5.10 Å². The average molecular weight is 666 g/mol. The van der Waals surface area contributed by atoms with Crippen molar-refractivity contribution in [3.05, 3.63) is 100 Å². The Bertz CT molecular complexity index is 2180. The van der Waals surface area contributed by atoms with Crippen molar-refractivity contribution < 1.29 is 13.6 Å². The molecule has 0 saturated carbocycles. The van der Waals surface area contributed by atoms with Crippen molar-refractivity contribution in [3.8, 4) is 16.9 Å². The van der Waals surface area contributed by atoms with Gasteiger partial charge in [0.05, 0.1) is 29.0 Å². The second-order valence-electron chi connectivity index (χ2n) is 13.0. The average Bonchev–Trinajstić information content (AvgIpc) is 3.51. The number of nitrogens with one attached hydrogen (secondary N) is 1. The van der Waals surface area contributed by atoms with Gasteiger partial charge in [-0.3, -0.25) is 4.79 Å². The molecule has 0 unspecified atom stereocenters. The van der Waals surface area contributed by atoms with Gasteiger partial charge in [0.15, 0.2) is 5.65 Å². The van der Waals surface area contributed by atoms with Gasteiger partial charge in [0.1, 0.15) is 23.1 Å². The Hall–Kier alpha value is -5.46. The number of piperazine rings is 1. The fourth-order valence-electron chi connectivity index (χ4n) is 6.96. The minimum atomic E-state index is -0.771. The summed E-state index contributed by atoms with van der Waals surface area (Å²) in [6.07, 6.45) is 3.60. The SMILES string of the molecule is C=CC(=O)N1C[C@H](C)N(c2nc(=O)n3c4nc(c(F)cc24)-c2c(F)cccc2Cn2cc(nn2)CCNc2cccc(C(C)C)c2-3)C[C@H]1C. The van der Waals surface area contributed by atoms with Gasteiger partial charge >= 0.3 is 5.69 Å². The van der Waals surface area contributed by atoms with E-state index in [2.05, 4.69) is 27.2 Å². The Morgan fingerprint density at radius 2 is 1.86 bits per heavy atom. The number of anilines is 2. The lowest BCUT2D eigenvalue weighted by Gasteiger charge is -2.44. The van der Waals surface area contributed by atoms with Gasteiger partial charge in [-0.1, -0.05) is 49.9 Å². The largest absolute Gasteiger partial charge is 0.383 e. The van der Waals surface area contributed by atoms with E-state index in [0.717, 1.165) is 11.3 Å². The molecule has 5 heterocycles. The minimum absolute atomic E-state index is 0.0187. The van der Waals surface area contributed by atoms with E-state index in [1.165, 1.54) is 22.8 Å². The molecule has 2 aliphatic heterocycles. The molecule has 0 aliphatic carbocycles. The number of fused-ring (bicyclic) bond motifs is 7. The highest BCUT2D eigenvalue weighted by Crippen LogP contribution is 2.37. The fourth-order valence-corrected chi connectivity index (χ4v) is 6.96. The quantitative estimate of drug-likeness (QED) is 0.266. The first-order valence-corrected chi connectivity index (χ1v) is 16.4. The number of carbonyl (C=O) groups is 1. The van der Waals surface area contributed by atoms with E-state index < -0.39 is 17.3 Å². The van der Waals surface area contributed by atoms with Crippen LogP contribution in [0.4, 0.5) is 20.3 Å². The second kappa shape index (κ2) is 12.5. The molecule has 4 bridgehead atoms. The number of aromatic nitrogens is 6. The second-order valence-corrected chi connectivity index (χ2v) is 13.0. The van der Waals surface area contributed by atoms with Crippen molar-refractivity contribution >= 4 is 28.4 Å². The predicted molar refractivity (Wildman–Crippen MR) is 184 cm³/mol. The Morgan fingerprint density at radius 1 is 1.06 bits per heavy atom. The molecule has 3 aromatic heterocycles. The lowest BCUT2D eigenvalue weighted by atomic mass is 9.99. The summed E-state index contributed by atoms with van der Waals surface area (Å²) in [5.74, 6) is -1.40. The van der Waals surface area contributed by atoms with Gasteiger partial charge in [0, 0.05) is 49.9 Å². The Kier molecular flexibility index (Phi) is 8.21. The lowest BCUT2D eigenvalue weighted by Crippen LogP contribution is -2.58. The molecule has 252 valence electrons. The zero-order chi connectivity index (χ0) is 34.6. The Labute approximate surface area is 281 Å². The van der Waals surface area contributed by atoms with Crippen LogP contribution in [0.5, 0.6) is 0 Å². The number of benzene rings is 2. The molecule has 1 fully saturated rings. The maximum atomic E-state index is 16.6. The van der Waals surface area contributed by atoms with Crippen molar-refractivity contribution in [1.29, 1.82) is 0 Å². The summed E-state index contributed by atoms with van der Waals surface area (Å²) in [6.45, 7) is 12.8. The number of halogens is 2. The van der Waals surface area contributed by atoms with Crippen molar-refractivity contribution in [2.24, 2.45) is 0 Å². The van der Waals surface area contributed by atoms with E-state index >= 15 is 8.78 Å². The first-order valence-electron chi connectivity index (χ1n) is 16.4. The molecule has 7 rings (SSSR count). The normalized spacial score (nSPS) is 17.7. The van der Waals surface area contributed by atoms with Gasteiger partial charge < -0.3 is 15.1 Å². The topological polar surface area (TPSA) is 114 Å². The Morgan fingerprint density at radius 3 is 2.63 bits per heavy atom. The molecule has 2 aromatic carbocycles. The molecule has 49 heavy (non-hydrogen) atoms. The van der Waals surface area contributed by atoms with E-state index in [4.69, 9.17) is 4.98 Å². The van der Waals surface area contributed by atoms with Crippen LogP contribution in [0.1, 0.15) is 50.4 Å². The third kappa shape index (κ3) is 5.62. The van der Waals surface area contributed by atoms with Gasteiger partial charge in [-0.25, -0.2) is 27.8 Å². The number of hydrogen-bond donors (Lipinski definition) is 1. The predicted octanol–water partition coefficient (Wildman–Crippen LogP) is 5.07. The monoisotopic (exact) mass is 665 g/mol. The summed E-state index contributed by atoms with van der Waals surface area (Å²) < 4.78 is 35.4. The van der Waals surface area contributed by atoms with Crippen molar-refractivity contribution in [2.45, 2.75) is 58.7 Å². The minimum Gasteiger partial charge on any atom is -0.383 e. The van der Waals surface area contributed by atoms with Crippen LogP contribution in [0.15, 0.2) is 66.1 Å². The Balaban J connectivity index is 1.55. The molecule has 0 spiro atoms. The molecule has 13 heteroatoms. The van der Waals surface area contributed by atoms with Crippen LogP contribution in [0.3, 0.4) is 0 Å². The van der Waals surface area contributed by atoms with Gasteiger partial charge in [-0.05, 0) is 55.2 Å². The van der Waals surface area contributed by atoms with E-state index in [1.54, 1.807) is 27.9 Å². The summed E-state index contributed by atoms with van der Waals surface area (Å²) in [5.41, 5.74) is 2.46. The standard InChI is InChI=1S/C36H37F2N9O2/c1-6-30(48)45-16-22(5)46(17-21(45)4)34-26-15-28(38)32-31-23(9-7-11-27(31)37)18-44-19-24(42-43-44)13-14-39-29-12-8-10-25(20(2)3)33(29)47(35(26)40-32)36(49)41-34/h6-12,15,19-22,39H,1,13-14,16-18H2,2-5H3/t21-,22+/m1/s1. The van der Waals surface area contributed by atoms with Crippen LogP contribution < -0.4 is 15.9 Å². The molecule has 1 N–H and O–H groups in total. The molecular formula is C36H37F2N9O2. The number of hydrogen-bond acceptors (Lipinski definition) is 8. The highest BCUT2D eigenvalue weighted by atomic mass is 19.1. The van der Waals surface area contributed by atoms with Crippen molar-refractivity contribution in [2.75, 3.05) is 29.9 Å². The van der Waals surface area contributed by atoms with Crippen molar-refractivity contribution in [1.82, 2.24) is 34.4 Å². The van der Waals surface area contributed by atoms with E-state index in [-0.39, 0.29) is 58.6 Å². The van der Waals surface area contributed by atoms with Crippen LogP contribution in [0.25, 0.3) is 28.0 Å². The van der Waals surface area contributed by atoms with Crippen LogP contribution in [-0.4, -0.2) is 72.1 Å². The first-order chi connectivity index (χ1) is 23.5. The van der Waals surface area contributed by atoms with Gasteiger partial charge in [0.2, 0.25) is 5.91 Å². The number of amides is 1. The first kappa shape index (κ1) is 32.1. The van der Waals surface area contributed by atoms with E-state index in [1.807, 2.05) is 50.8 Å². The summed E-state index contributed by atoms with van der Waals surface area (Å²) in [4.78, 5) is 40.1. The molecule has 11 nitrogen and oxygen atoms in total. The third-order valence-corrected chi connectivity index (χ3v) is 9.38. The summed E-state index contributed by atoms with van der Waals surface area (Å²) in [5, 5.41) is 12.3. The molecule has 0 radical (unpaired) electrons. The maximum absolute atomic E-state index is 16.6. The molecular weight excluding hydrogens is 628 g/mol. The van der Waals surface area contributed by atoms with Crippen LogP contribution in [0.2, 0.25) is 0 Å². The van der Waals surface area contributed by atoms with Crippen LogP contribution >= 0.6 is 0 Å². The highest BCUT2D eigenvalue weighted by molar-refractivity contribution is 5.92. The maximum Gasteiger partial charge on any atom is 0.355 e. The molecule has 5 aromatic rings. The molecule has 2 aliphatic rings. The number of nitrogens with zero attached hydrogens (tertiary/aromatic N) is 8. The summed E-state index contributed by atoms with van der Waals surface area (Å²) in [6, 6.07) is 11.0. The fraction of sp³-hybridized carbons (Fsp3) is 0.333. The summed E-state index contributed by atoms with van der Waals surface area (Å²) >= 11 is 0. The van der Waals surface area contributed by atoms with Crippen LogP contribution in [-0.2, 0) is 17.8 Å². The molecule has 2 atom stereocenters. The third-order valence-electron chi connectivity index (χ3n) is 9.38. The summed E-state index contributed by atoms with van der Waals surface area (Å²) in [7, 11) is 0. The lowest BCUT2D eigenvalue weighted by molar-refractivity contribution is -0.128. The van der Waals surface area contributed by atoms with E-state index in [0.29, 0.717) is 43.0 Å². The zero-order valence-corrected chi connectivity index (χ0v) is 27.8. The van der Waals surface area contributed by atoms with Gasteiger partial charge in [-0.2, -0.15) is 4.98 Å². The molecule has 1 amide bonds. The van der Waals surface area contributed by atoms with Crippen molar-refractivity contribution in [3.63, 3.8) is 0 Å². The van der Waals surface area contributed by atoms with Crippen LogP contribution in [0, 0.1) is 11.6 Å².